The third-order valence-electron chi connectivity index (χ3n) is 6.89. The van der Waals surface area contributed by atoms with Crippen LogP contribution in [0.5, 0.6) is 11.5 Å². The number of nitrogens with zero attached hydrogens (tertiary/aromatic N) is 2. The monoisotopic (exact) mass is 599 g/mol. The number of sulfonamides is 1. The minimum atomic E-state index is -3.91. The highest BCUT2D eigenvalue weighted by Gasteiger charge is 2.34. The van der Waals surface area contributed by atoms with E-state index < -0.39 is 28.5 Å². The Morgan fingerprint density at radius 3 is 2.37 bits per heavy atom. The number of rotatable bonds is 12. The Hall–Kier alpha value is -3.76. The van der Waals surface area contributed by atoms with E-state index in [1.165, 1.54) is 11.0 Å². The van der Waals surface area contributed by atoms with Crippen molar-refractivity contribution in [2.75, 3.05) is 23.9 Å². The van der Waals surface area contributed by atoms with Gasteiger partial charge in [0.15, 0.2) is 11.5 Å². The molecule has 11 heteroatoms. The maximum atomic E-state index is 14.2. The van der Waals surface area contributed by atoms with Crippen molar-refractivity contribution in [1.29, 1.82) is 0 Å². The van der Waals surface area contributed by atoms with Crippen molar-refractivity contribution < 1.29 is 27.5 Å². The molecule has 3 aromatic rings. The standard InChI is InChI=1S/C30H34ClN3O6S/c1-4-21(2)32-30(36)26(16-22-10-6-5-7-11-22)33(18-23-12-8-9-13-25(23)31)29(35)19-34(41(3,37)38)24-14-15-27-28(17-24)40-20-39-27/h5-15,17,21,26H,4,16,18-20H2,1-3H3,(H,32,36)/t21-,26+/m1/s1. The number of halogens is 1. The van der Waals surface area contributed by atoms with Crippen molar-refractivity contribution in [1.82, 2.24) is 10.2 Å². The fraction of sp³-hybridized carbons (Fsp3) is 0.333. The van der Waals surface area contributed by atoms with Gasteiger partial charge in [0.05, 0.1) is 11.9 Å². The Morgan fingerprint density at radius 2 is 1.68 bits per heavy atom. The van der Waals surface area contributed by atoms with Crippen molar-refractivity contribution in [3.05, 3.63) is 88.9 Å². The van der Waals surface area contributed by atoms with Crippen LogP contribution in [0.4, 0.5) is 5.69 Å². The third-order valence-corrected chi connectivity index (χ3v) is 8.40. The molecule has 218 valence electrons. The summed E-state index contributed by atoms with van der Waals surface area (Å²) < 4.78 is 37.7. The first-order chi connectivity index (χ1) is 19.6. The van der Waals surface area contributed by atoms with Gasteiger partial charge >= 0.3 is 0 Å². The van der Waals surface area contributed by atoms with Gasteiger partial charge in [-0.1, -0.05) is 67.1 Å². The van der Waals surface area contributed by atoms with Crippen LogP contribution in [0.25, 0.3) is 0 Å². The molecule has 4 rings (SSSR count). The Labute approximate surface area is 246 Å². The number of anilines is 1. The summed E-state index contributed by atoms with van der Waals surface area (Å²) in [5, 5.41) is 3.43. The van der Waals surface area contributed by atoms with E-state index in [1.54, 1.807) is 36.4 Å². The van der Waals surface area contributed by atoms with E-state index in [1.807, 2.05) is 44.2 Å². The molecular formula is C30H34ClN3O6S. The van der Waals surface area contributed by atoms with Gasteiger partial charge in [-0.25, -0.2) is 8.42 Å². The Morgan fingerprint density at radius 1 is 1.00 bits per heavy atom. The molecule has 0 aliphatic carbocycles. The van der Waals surface area contributed by atoms with Gasteiger partial charge in [-0.15, -0.1) is 0 Å². The summed E-state index contributed by atoms with van der Waals surface area (Å²) in [7, 11) is -3.91. The number of amides is 2. The van der Waals surface area contributed by atoms with Crippen LogP contribution in [-0.2, 0) is 32.6 Å². The molecule has 0 saturated carbocycles. The van der Waals surface area contributed by atoms with Crippen molar-refractivity contribution in [3.8, 4) is 11.5 Å². The van der Waals surface area contributed by atoms with Crippen molar-refractivity contribution in [2.45, 2.75) is 45.3 Å². The second kappa shape index (κ2) is 13.3. The van der Waals surface area contributed by atoms with E-state index in [9.17, 15) is 18.0 Å². The second-order valence-electron chi connectivity index (χ2n) is 9.94. The first-order valence-corrected chi connectivity index (χ1v) is 15.5. The number of carbonyl (C=O) groups excluding carboxylic acids is 2. The summed E-state index contributed by atoms with van der Waals surface area (Å²) in [6, 6.07) is 20.0. The van der Waals surface area contributed by atoms with Gasteiger partial charge in [-0.2, -0.15) is 0 Å². The number of carbonyl (C=O) groups is 2. The van der Waals surface area contributed by atoms with E-state index in [-0.39, 0.29) is 37.4 Å². The fourth-order valence-electron chi connectivity index (χ4n) is 4.46. The third kappa shape index (κ3) is 7.71. The van der Waals surface area contributed by atoms with Crippen LogP contribution in [-0.4, -0.2) is 56.8 Å². The van der Waals surface area contributed by atoms with E-state index >= 15 is 0 Å². The van der Waals surface area contributed by atoms with Crippen LogP contribution in [0.3, 0.4) is 0 Å². The first kappa shape index (κ1) is 30.2. The van der Waals surface area contributed by atoms with Crippen LogP contribution in [0.2, 0.25) is 5.02 Å². The average molecular weight is 600 g/mol. The van der Waals surface area contributed by atoms with Crippen molar-refractivity contribution in [2.24, 2.45) is 0 Å². The molecular weight excluding hydrogens is 566 g/mol. The van der Waals surface area contributed by atoms with Gasteiger partial charge in [0.25, 0.3) is 0 Å². The van der Waals surface area contributed by atoms with Crippen molar-refractivity contribution in [3.63, 3.8) is 0 Å². The van der Waals surface area contributed by atoms with E-state index in [0.29, 0.717) is 28.5 Å². The lowest BCUT2D eigenvalue weighted by Gasteiger charge is -2.34. The lowest BCUT2D eigenvalue weighted by atomic mass is 10.0. The molecule has 41 heavy (non-hydrogen) atoms. The molecule has 9 nitrogen and oxygen atoms in total. The van der Waals surface area contributed by atoms with E-state index in [4.69, 9.17) is 21.1 Å². The summed E-state index contributed by atoms with van der Waals surface area (Å²) in [6.45, 7) is 3.34. The number of hydrogen-bond donors (Lipinski definition) is 1. The van der Waals surface area contributed by atoms with Crippen LogP contribution < -0.4 is 19.1 Å². The largest absolute Gasteiger partial charge is 0.454 e. The molecule has 1 heterocycles. The molecule has 0 bridgehead atoms. The van der Waals surface area contributed by atoms with E-state index in [0.717, 1.165) is 16.1 Å². The van der Waals surface area contributed by atoms with Gasteiger partial charge in [0.2, 0.25) is 28.6 Å². The number of fused-ring (bicyclic) bond motifs is 1. The summed E-state index contributed by atoms with van der Waals surface area (Å²) in [5.74, 6) is -0.0317. The van der Waals surface area contributed by atoms with Crippen LogP contribution in [0, 0.1) is 0 Å². The smallest absolute Gasteiger partial charge is 0.244 e. The van der Waals surface area contributed by atoms with Gasteiger partial charge in [0.1, 0.15) is 12.6 Å². The summed E-state index contributed by atoms with van der Waals surface area (Å²) in [5.41, 5.74) is 1.72. The second-order valence-corrected chi connectivity index (χ2v) is 12.3. The van der Waals surface area contributed by atoms with E-state index in [2.05, 4.69) is 5.32 Å². The molecule has 2 amide bonds. The summed E-state index contributed by atoms with van der Waals surface area (Å²) in [4.78, 5) is 29.3. The highest BCUT2D eigenvalue weighted by atomic mass is 35.5. The number of nitrogens with one attached hydrogen (secondary N) is 1. The number of benzene rings is 3. The zero-order chi connectivity index (χ0) is 29.6. The zero-order valence-corrected chi connectivity index (χ0v) is 24.8. The van der Waals surface area contributed by atoms with Crippen LogP contribution >= 0.6 is 11.6 Å². The van der Waals surface area contributed by atoms with Gasteiger partial charge in [-0.3, -0.25) is 13.9 Å². The fourth-order valence-corrected chi connectivity index (χ4v) is 5.50. The van der Waals surface area contributed by atoms with Crippen molar-refractivity contribution >= 4 is 39.1 Å². The molecule has 0 aromatic heterocycles. The molecule has 0 radical (unpaired) electrons. The molecule has 0 spiro atoms. The molecule has 1 N–H and O–H groups in total. The predicted molar refractivity (Wildman–Crippen MR) is 159 cm³/mol. The highest BCUT2D eigenvalue weighted by molar-refractivity contribution is 7.92. The highest BCUT2D eigenvalue weighted by Crippen LogP contribution is 2.36. The zero-order valence-electron chi connectivity index (χ0n) is 23.2. The maximum absolute atomic E-state index is 14.2. The molecule has 0 fully saturated rings. The minimum absolute atomic E-state index is 0.00265. The Kier molecular flexibility index (Phi) is 9.77. The molecule has 0 unspecified atom stereocenters. The summed E-state index contributed by atoms with van der Waals surface area (Å²) in [6.07, 6.45) is 1.96. The molecule has 1 aliphatic heterocycles. The van der Waals surface area contributed by atoms with Gasteiger partial charge in [0, 0.05) is 30.1 Å². The number of ether oxygens (including phenoxy) is 2. The summed E-state index contributed by atoms with van der Waals surface area (Å²) >= 11 is 6.48. The SMILES string of the molecule is CC[C@@H](C)NC(=O)[C@H](Cc1ccccc1)N(Cc1ccccc1Cl)C(=O)CN(c1ccc2c(c1)OCO2)S(C)(=O)=O. The molecule has 3 aromatic carbocycles. The normalized spacial score (nSPS) is 13.8. The quantitative estimate of drug-likeness (QED) is 0.331. The molecule has 2 atom stereocenters. The molecule has 0 saturated heterocycles. The first-order valence-electron chi connectivity index (χ1n) is 13.3. The number of hydrogen-bond acceptors (Lipinski definition) is 6. The minimum Gasteiger partial charge on any atom is -0.454 e. The van der Waals surface area contributed by atoms with Crippen LogP contribution in [0.1, 0.15) is 31.4 Å². The lowest BCUT2D eigenvalue weighted by molar-refractivity contribution is -0.140. The lowest BCUT2D eigenvalue weighted by Crippen LogP contribution is -2.54. The van der Waals surface area contributed by atoms with Gasteiger partial charge in [-0.05, 0) is 42.7 Å². The average Bonchev–Trinajstić information content (AvgIpc) is 3.42. The predicted octanol–water partition coefficient (Wildman–Crippen LogP) is 4.39. The van der Waals surface area contributed by atoms with Crippen LogP contribution in [0.15, 0.2) is 72.8 Å². The Bertz CT molecular complexity index is 1480. The van der Waals surface area contributed by atoms with Gasteiger partial charge < -0.3 is 19.7 Å². The maximum Gasteiger partial charge on any atom is 0.244 e. The Balaban J connectivity index is 1.74. The molecule has 1 aliphatic rings. The topological polar surface area (TPSA) is 105 Å².